The smallest absolute Gasteiger partial charge is 0.227 e. The maximum absolute atomic E-state index is 12.2. The SMILES string of the molecule is Cc1cccc(CNC(=O)C2(C)CCCNC2)c1.Cl. The van der Waals surface area contributed by atoms with Crippen LogP contribution in [-0.2, 0) is 11.3 Å². The van der Waals surface area contributed by atoms with Crippen LogP contribution in [0, 0.1) is 12.3 Å². The highest BCUT2D eigenvalue weighted by Gasteiger charge is 2.34. The van der Waals surface area contributed by atoms with Crippen molar-refractivity contribution in [1.29, 1.82) is 0 Å². The molecule has 1 aliphatic rings. The number of hydrogen-bond acceptors (Lipinski definition) is 2. The van der Waals surface area contributed by atoms with E-state index in [0.29, 0.717) is 6.54 Å². The first-order valence-corrected chi connectivity index (χ1v) is 6.65. The fourth-order valence-corrected chi connectivity index (χ4v) is 2.47. The summed E-state index contributed by atoms with van der Waals surface area (Å²) >= 11 is 0. The lowest BCUT2D eigenvalue weighted by atomic mass is 9.82. The standard InChI is InChI=1S/C15H22N2O.ClH/c1-12-5-3-6-13(9-12)10-17-14(18)15(2)7-4-8-16-11-15;/h3,5-6,9,16H,4,7-8,10-11H2,1-2H3,(H,17,18);1H. The Kier molecular flexibility index (Phi) is 5.83. The summed E-state index contributed by atoms with van der Waals surface area (Å²) in [7, 11) is 0. The first-order chi connectivity index (χ1) is 8.60. The third-order valence-corrected chi connectivity index (χ3v) is 3.68. The Labute approximate surface area is 121 Å². The molecule has 0 saturated carbocycles. The second-order valence-corrected chi connectivity index (χ2v) is 5.51. The van der Waals surface area contributed by atoms with Gasteiger partial charge in [-0.2, -0.15) is 0 Å². The quantitative estimate of drug-likeness (QED) is 0.894. The van der Waals surface area contributed by atoms with E-state index in [2.05, 4.69) is 35.8 Å². The van der Waals surface area contributed by atoms with Crippen LogP contribution < -0.4 is 10.6 Å². The van der Waals surface area contributed by atoms with E-state index in [0.717, 1.165) is 31.5 Å². The Morgan fingerprint density at radius 2 is 2.26 bits per heavy atom. The molecule has 1 saturated heterocycles. The van der Waals surface area contributed by atoms with Gasteiger partial charge in [-0.15, -0.1) is 12.4 Å². The molecule has 1 aromatic carbocycles. The molecule has 0 radical (unpaired) electrons. The van der Waals surface area contributed by atoms with Crippen molar-refractivity contribution in [3.05, 3.63) is 35.4 Å². The maximum Gasteiger partial charge on any atom is 0.227 e. The molecule has 106 valence electrons. The zero-order valence-electron chi connectivity index (χ0n) is 11.7. The molecule has 1 aliphatic heterocycles. The lowest BCUT2D eigenvalue weighted by molar-refractivity contribution is -0.131. The minimum absolute atomic E-state index is 0. The molecule has 0 bridgehead atoms. The summed E-state index contributed by atoms with van der Waals surface area (Å²) in [5.74, 6) is 0.163. The van der Waals surface area contributed by atoms with E-state index in [1.165, 1.54) is 5.56 Å². The number of rotatable bonds is 3. The Hall–Kier alpha value is -1.06. The summed E-state index contributed by atoms with van der Waals surface area (Å²) in [5, 5.41) is 6.36. The third-order valence-electron chi connectivity index (χ3n) is 3.68. The van der Waals surface area contributed by atoms with Crippen LogP contribution in [0.5, 0.6) is 0 Å². The van der Waals surface area contributed by atoms with E-state index in [1.807, 2.05) is 13.0 Å². The van der Waals surface area contributed by atoms with Gasteiger partial charge in [-0.25, -0.2) is 0 Å². The molecule has 1 heterocycles. The largest absolute Gasteiger partial charge is 0.352 e. The lowest BCUT2D eigenvalue weighted by Crippen LogP contribution is -2.48. The van der Waals surface area contributed by atoms with Crippen molar-refractivity contribution < 1.29 is 4.79 Å². The number of halogens is 1. The molecule has 4 heteroatoms. The van der Waals surface area contributed by atoms with Gasteiger partial charge in [0.05, 0.1) is 5.41 Å². The van der Waals surface area contributed by atoms with Crippen LogP contribution in [0.15, 0.2) is 24.3 Å². The van der Waals surface area contributed by atoms with E-state index in [1.54, 1.807) is 0 Å². The average Bonchev–Trinajstić information content (AvgIpc) is 2.37. The van der Waals surface area contributed by atoms with Crippen LogP contribution in [0.25, 0.3) is 0 Å². The first-order valence-electron chi connectivity index (χ1n) is 6.65. The van der Waals surface area contributed by atoms with Crippen molar-refractivity contribution in [2.75, 3.05) is 13.1 Å². The van der Waals surface area contributed by atoms with Crippen LogP contribution in [0.3, 0.4) is 0 Å². The highest BCUT2D eigenvalue weighted by Crippen LogP contribution is 2.25. The molecule has 0 aliphatic carbocycles. The van der Waals surface area contributed by atoms with Crippen LogP contribution >= 0.6 is 12.4 Å². The van der Waals surface area contributed by atoms with E-state index in [-0.39, 0.29) is 23.7 Å². The average molecular weight is 283 g/mol. The van der Waals surface area contributed by atoms with Crippen molar-refractivity contribution in [1.82, 2.24) is 10.6 Å². The van der Waals surface area contributed by atoms with Gasteiger partial charge < -0.3 is 10.6 Å². The number of aryl methyl sites for hydroxylation is 1. The molecular weight excluding hydrogens is 260 g/mol. The van der Waals surface area contributed by atoms with Gasteiger partial charge in [-0.3, -0.25) is 4.79 Å². The predicted octanol–water partition coefficient (Wildman–Crippen LogP) is 2.42. The molecule has 3 nitrogen and oxygen atoms in total. The molecule has 2 rings (SSSR count). The summed E-state index contributed by atoms with van der Waals surface area (Å²) in [6.07, 6.45) is 2.05. The molecule has 0 aromatic heterocycles. The number of nitrogens with one attached hydrogen (secondary N) is 2. The Morgan fingerprint density at radius 1 is 1.47 bits per heavy atom. The number of carbonyl (C=O) groups is 1. The van der Waals surface area contributed by atoms with E-state index in [9.17, 15) is 4.79 Å². The van der Waals surface area contributed by atoms with Gasteiger partial charge in [-0.1, -0.05) is 29.8 Å². The molecule has 1 fully saturated rings. The van der Waals surface area contributed by atoms with Crippen molar-refractivity contribution in [3.63, 3.8) is 0 Å². The van der Waals surface area contributed by atoms with E-state index < -0.39 is 0 Å². The fraction of sp³-hybridized carbons (Fsp3) is 0.533. The summed E-state index contributed by atoms with van der Waals surface area (Å²) in [4.78, 5) is 12.2. The topological polar surface area (TPSA) is 41.1 Å². The summed E-state index contributed by atoms with van der Waals surface area (Å²) in [6.45, 7) is 6.55. The summed E-state index contributed by atoms with van der Waals surface area (Å²) in [5.41, 5.74) is 2.14. The molecule has 1 atom stereocenters. The molecule has 1 aromatic rings. The van der Waals surface area contributed by atoms with Crippen LogP contribution in [0.2, 0.25) is 0 Å². The molecule has 2 N–H and O–H groups in total. The van der Waals surface area contributed by atoms with Crippen molar-refractivity contribution in [3.8, 4) is 0 Å². The summed E-state index contributed by atoms with van der Waals surface area (Å²) < 4.78 is 0. The molecular formula is C15H23ClN2O. The number of piperidine rings is 1. The minimum atomic E-state index is -0.248. The van der Waals surface area contributed by atoms with Crippen molar-refractivity contribution >= 4 is 18.3 Å². The Balaban J connectivity index is 0.00000180. The summed E-state index contributed by atoms with van der Waals surface area (Å²) in [6, 6.07) is 8.26. The fourth-order valence-electron chi connectivity index (χ4n) is 2.47. The molecule has 0 spiro atoms. The van der Waals surface area contributed by atoms with Gasteiger partial charge in [0, 0.05) is 13.1 Å². The number of benzene rings is 1. The Bertz CT molecular complexity index is 428. The van der Waals surface area contributed by atoms with Gasteiger partial charge in [0.25, 0.3) is 0 Å². The van der Waals surface area contributed by atoms with E-state index >= 15 is 0 Å². The second-order valence-electron chi connectivity index (χ2n) is 5.51. The third kappa shape index (κ3) is 4.22. The maximum atomic E-state index is 12.2. The number of carbonyl (C=O) groups excluding carboxylic acids is 1. The van der Waals surface area contributed by atoms with Gasteiger partial charge in [-0.05, 0) is 38.8 Å². The Morgan fingerprint density at radius 3 is 2.89 bits per heavy atom. The monoisotopic (exact) mass is 282 g/mol. The highest BCUT2D eigenvalue weighted by atomic mass is 35.5. The normalized spacial score (nSPS) is 22.4. The van der Waals surface area contributed by atoms with Crippen molar-refractivity contribution in [2.45, 2.75) is 33.2 Å². The zero-order valence-corrected chi connectivity index (χ0v) is 12.5. The highest BCUT2D eigenvalue weighted by molar-refractivity contribution is 5.85. The van der Waals surface area contributed by atoms with Gasteiger partial charge >= 0.3 is 0 Å². The van der Waals surface area contributed by atoms with Gasteiger partial charge in [0.2, 0.25) is 5.91 Å². The number of amides is 1. The minimum Gasteiger partial charge on any atom is -0.352 e. The van der Waals surface area contributed by atoms with Crippen molar-refractivity contribution in [2.24, 2.45) is 5.41 Å². The van der Waals surface area contributed by atoms with Crippen LogP contribution in [-0.4, -0.2) is 19.0 Å². The second kappa shape index (κ2) is 6.92. The van der Waals surface area contributed by atoms with E-state index in [4.69, 9.17) is 0 Å². The van der Waals surface area contributed by atoms with Crippen LogP contribution in [0.1, 0.15) is 30.9 Å². The molecule has 19 heavy (non-hydrogen) atoms. The first kappa shape index (κ1) is 16.0. The van der Waals surface area contributed by atoms with Gasteiger partial charge in [0.1, 0.15) is 0 Å². The number of hydrogen-bond donors (Lipinski definition) is 2. The predicted molar refractivity (Wildman–Crippen MR) is 80.5 cm³/mol. The van der Waals surface area contributed by atoms with Gasteiger partial charge in [0.15, 0.2) is 0 Å². The van der Waals surface area contributed by atoms with Crippen LogP contribution in [0.4, 0.5) is 0 Å². The molecule has 1 unspecified atom stereocenters. The zero-order chi connectivity index (χ0) is 13.0. The lowest BCUT2D eigenvalue weighted by Gasteiger charge is -2.32. The molecule has 1 amide bonds.